The summed E-state index contributed by atoms with van der Waals surface area (Å²) < 4.78 is 38.1. The molecule has 1 atom stereocenters. The second-order valence-electron chi connectivity index (χ2n) is 17.1. The van der Waals surface area contributed by atoms with Gasteiger partial charge in [-0.3, -0.25) is 4.98 Å². The first kappa shape index (κ1) is 39.3. The maximum Gasteiger partial charge on any atom is 0.160 e. The molecule has 9 aromatic carbocycles. The minimum absolute atomic E-state index is 0.326. The molecule has 0 saturated heterocycles. The van der Waals surface area contributed by atoms with E-state index in [0.29, 0.717) is 17.0 Å². The molecule has 0 N–H and O–H groups in total. The lowest BCUT2D eigenvalue weighted by Gasteiger charge is -2.35. The van der Waals surface area contributed by atoms with Crippen LogP contribution in [0.15, 0.2) is 217 Å². The van der Waals surface area contributed by atoms with Crippen molar-refractivity contribution < 1.29 is 13.2 Å². The normalized spacial score (nSPS) is 14.1. The molecule has 316 valence electrons. The van der Waals surface area contributed by atoms with Gasteiger partial charge in [0.15, 0.2) is 5.58 Å². The third kappa shape index (κ3) is 6.06. The second-order valence-corrected chi connectivity index (χ2v) is 17.1. The third-order valence-electron chi connectivity index (χ3n) is 13.2. The van der Waals surface area contributed by atoms with E-state index in [1.54, 1.807) is 24.3 Å². The Morgan fingerprint density at radius 1 is 0.455 bits per heavy atom. The maximum absolute atomic E-state index is 15.5. The van der Waals surface area contributed by atoms with Crippen molar-refractivity contribution in [3.63, 3.8) is 0 Å². The largest absolute Gasteiger partial charge is 0.454 e. The number of halogens is 2. The summed E-state index contributed by atoms with van der Waals surface area (Å²) in [7, 11) is 0. The Hall–Kier alpha value is -8.35. The molecule has 1 unspecified atom stereocenters. The molecule has 66 heavy (non-hydrogen) atoms. The van der Waals surface area contributed by atoms with Crippen LogP contribution in [0.3, 0.4) is 0 Å². The zero-order chi connectivity index (χ0) is 44.5. The quantitative estimate of drug-likeness (QED) is 0.152. The summed E-state index contributed by atoms with van der Waals surface area (Å²) in [5.41, 5.74) is 13.3. The summed E-state index contributed by atoms with van der Waals surface area (Å²) in [6, 6.07) is 68.2. The molecule has 1 aliphatic carbocycles. The zero-order valence-electron chi connectivity index (χ0n) is 36.2. The fourth-order valence-corrected chi connectivity index (χ4v) is 10.3. The number of fused-ring (bicyclic) bond motifs is 9. The van der Waals surface area contributed by atoms with Gasteiger partial charge in [0.25, 0.3) is 0 Å². The predicted octanol–water partition coefficient (Wildman–Crippen LogP) is 16.3. The molecule has 0 amide bonds. The van der Waals surface area contributed by atoms with Gasteiger partial charge < -0.3 is 14.2 Å². The molecule has 0 saturated carbocycles. The lowest BCUT2D eigenvalue weighted by Crippen LogP contribution is -2.30. The summed E-state index contributed by atoms with van der Waals surface area (Å²) in [6.45, 7) is 4.14. The topological polar surface area (TPSA) is 32.5 Å². The average molecular weight is 858 g/mol. The van der Waals surface area contributed by atoms with Crippen LogP contribution in [-0.4, -0.2) is 4.98 Å². The monoisotopic (exact) mass is 857 g/mol. The van der Waals surface area contributed by atoms with Gasteiger partial charge in [-0.2, -0.15) is 0 Å². The van der Waals surface area contributed by atoms with Crippen LogP contribution >= 0.6 is 0 Å². The predicted molar refractivity (Wildman–Crippen MR) is 265 cm³/mol. The smallest absolute Gasteiger partial charge is 0.160 e. The van der Waals surface area contributed by atoms with Crippen molar-refractivity contribution in [1.82, 2.24) is 4.98 Å². The molecule has 1 aliphatic rings. The van der Waals surface area contributed by atoms with Gasteiger partial charge >= 0.3 is 0 Å². The van der Waals surface area contributed by atoms with Gasteiger partial charge in [-0.05, 0) is 138 Å². The summed E-state index contributed by atoms with van der Waals surface area (Å²) in [5.74, 6) is -0.672. The summed E-state index contributed by atoms with van der Waals surface area (Å²) >= 11 is 0. The summed E-state index contributed by atoms with van der Waals surface area (Å²) in [5, 5.41) is 3.91. The van der Waals surface area contributed by atoms with E-state index < -0.39 is 5.41 Å². The van der Waals surface area contributed by atoms with Crippen molar-refractivity contribution in [3.8, 4) is 11.1 Å². The van der Waals surface area contributed by atoms with Crippen LogP contribution in [-0.2, 0) is 5.41 Å². The number of pyridine rings is 1. The number of aromatic nitrogens is 1. The van der Waals surface area contributed by atoms with Crippen molar-refractivity contribution in [1.29, 1.82) is 0 Å². The van der Waals surface area contributed by atoms with Gasteiger partial charge in [0.1, 0.15) is 17.2 Å². The molecule has 0 fully saturated rings. The van der Waals surface area contributed by atoms with E-state index in [-0.39, 0.29) is 11.6 Å². The maximum atomic E-state index is 15.5. The SMILES string of the molecule is Cc1ccc(N(c2cccc(F)c2)c2cc3c(c4ccccc24)-c2c(cc(N(c4ccc(C)cc4)c4cccc(F)c4)c4oc5ccccc5c24)C3(c2ccccc2)c2ccccn2)cc1. The van der Waals surface area contributed by atoms with E-state index in [0.717, 1.165) is 94.5 Å². The summed E-state index contributed by atoms with van der Waals surface area (Å²) in [4.78, 5) is 9.57. The molecule has 2 heterocycles. The van der Waals surface area contributed by atoms with E-state index in [2.05, 4.69) is 157 Å². The van der Waals surface area contributed by atoms with Crippen LogP contribution < -0.4 is 9.80 Å². The van der Waals surface area contributed by atoms with Crippen LogP contribution in [0, 0.1) is 25.5 Å². The fourth-order valence-electron chi connectivity index (χ4n) is 10.3. The Labute approximate surface area is 381 Å². The minimum Gasteiger partial charge on any atom is -0.454 e. The van der Waals surface area contributed by atoms with E-state index in [9.17, 15) is 0 Å². The van der Waals surface area contributed by atoms with E-state index in [4.69, 9.17) is 9.40 Å². The second kappa shape index (κ2) is 15.4. The number of hydrogen-bond donors (Lipinski definition) is 0. The van der Waals surface area contributed by atoms with Crippen LogP contribution in [0.1, 0.15) is 33.5 Å². The lowest BCUT2D eigenvalue weighted by molar-refractivity contribution is 0.627. The molecule has 0 radical (unpaired) electrons. The molecule has 6 heteroatoms. The van der Waals surface area contributed by atoms with Gasteiger partial charge in [-0.15, -0.1) is 0 Å². The number of furan rings is 1. The Kier molecular flexibility index (Phi) is 9.17. The number of aryl methyl sites for hydroxylation is 2. The Balaban J connectivity index is 1.30. The van der Waals surface area contributed by atoms with Gasteiger partial charge in [-0.1, -0.05) is 126 Å². The highest BCUT2D eigenvalue weighted by Crippen LogP contribution is 2.63. The van der Waals surface area contributed by atoms with Gasteiger partial charge in [0.2, 0.25) is 0 Å². The van der Waals surface area contributed by atoms with Crippen molar-refractivity contribution >= 4 is 66.8 Å². The van der Waals surface area contributed by atoms with Gasteiger partial charge in [0.05, 0.1) is 22.5 Å². The highest BCUT2D eigenvalue weighted by atomic mass is 19.1. The zero-order valence-corrected chi connectivity index (χ0v) is 36.2. The van der Waals surface area contributed by atoms with Crippen LogP contribution in [0.4, 0.5) is 42.9 Å². The van der Waals surface area contributed by atoms with Crippen molar-refractivity contribution in [2.75, 3.05) is 9.80 Å². The summed E-state index contributed by atoms with van der Waals surface area (Å²) in [6.07, 6.45) is 1.86. The first-order valence-electron chi connectivity index (χ1n) is 22.2. The number of para-hydroxylation sites is 1. The van der Waals surface area contributed by atoms with E-state index >= 15 is 8.78 Å². The minimum atomic E-state index is -1.02. The molecule has 4 nitrogen and oxygen atoms in total. The molecule has 2 aromatic heterocycles. The molecule has 0 bridgehead atoms. The highest BCUT2D eigenvalue weighted by molar-refractivity contribution is 6.23. The number of rotatable bonds is 8. The first-order valence-corrected chi connectivity index (χ1v) is 22.2. The number of anilines is 6. The lowest BCUT2D eigenvalue weighted by atomic mass is 9.69. The molecular weight excluding hydrogens is 817 g/mol. The Bertz CT molecular complexity index is 3600. The molecule has 0 aliphatic heterocycles. The Morgan fingerprint density at radius 2 is 1.00 bits per heavy atom. The molecular formula is C60H41F2N3O. The fraction of sp³-hybridized carbons (Fsp3) is 0.0500. The van der Waals surface area contributed by atoms with Crippen molar-refractivity contribution in [2.24, 2.45) is 0 Å². The standard InChI is InChI=1S/C60H41F2N3O/c1-38-25-29-43(30-26-38)64(45-18-12-16-41(61)34-45)52-36-50-56(48-21-7-6-20-47(48)52)58-51(60(50,40-14-4-3-5-15-40)55-24-10-11-33-63-55)37-53(59-57(58)49-22-8-9-23-54(49)66-59)65(44-31-27-39(2)28-32-44)46-19-13-17-42(62)35-46/h3-37H,1-2H3. The van der Waals surface area contributed by atoms with E-state index in [1.165, 1.54) is 12.1 Å². The highest BCUT2D eigenvalue weighted by Gasteiger charge is 2.50. The van der Waals surface area contributed by atoms with Gasteiger partial charge in [-0.25, -0.2) is 8.78 Å². The molecule has 12 rings (SSSR count). The third-order valence-corrected chi connectivity index (χ3v) is 13.2. The number of nitrogens with zero attached hydrogens (tertiary/aromatic N) is 3. The first-order chi connectivity index (χ1) is 32.4. The number of hydrogen-bond acceptors (Lipinski definition) is 4. The Morgan fingerprint density at radius 3 is 1.62 bits per heavy atom. The number of benzene rings is 9. The molecule has 11 aromatic rings. The molecule has 0 spiro atoms. The van der Waals surface area contributed by atoms with E-state index in [1.807, 2.05) is 42.6 Å². The average Bonchev–Trinajstić information content (AvgIpc) is 3.88. The van der Waals surface area contributed by atoms with Crippen LogP contribution in [0.5, 0.6) is 0 Å². The van der Waals surface area contributed by atoms with Crippen molar-refractivity contribution in [3.05, 3.63) is 258 Å². The van der Waals surface area contributed by atoms with Crippen molar-refractivity contribution in [2.45, 2.75) is 19.3 Å². The van der Waals surface area contributed by atoms with Crippen LogP contribution in [0.2, 0.25) is 0 Å². The van der Waals surface area contributed by atoms with Gasteiger partial charge in [0, 0.05) is 45.1 Å². The van der Waals surface area contributed by atoms with Crippen LogP contribution in [0.25, 0.3) is 43.8 Å².